The highest BCUT2D eigenvalue weighted by molar-refractivity contribution is 5.68. The van der Waals surface area contributed by atoms with Gasteiger partial charge in [0.1, 0.15) is 5.60 Å². The molecular formula is C13H26N2O3. The smallest absolute Gasteiger partial charge is 0.410 e. The number of ether oxygens (including phenoxy) is 1. The van der Waals surface area contributed by atoms with E-state index < -0.39 is 5.60 Å². The molecule has 1 fully saturated rings. The summed E-state index contributed by atoms with van der Waals surface area (Å²) in [5.41, 5.74) is -0.421. The quantitative estimate of drug-likeness (QED) is 0.773. The Kier molecular flexibility index (Phi) is 5.88. The predicted molar refractivity (Wildman–Crippen MR) is 70.6 cm³/mol. The maximum absolute atomic E-state index is 11.8. The fourth-order valence-electron chi connectivity index (χ4n) is 1.93. The van der Waals surface area contributed by atoms with Gasteiger partial charge in [-0.25, -0.2) is 4.79 Å². The number of aliphatic hydroxyl groups is 1. The molecule has 0 atom stereocenters. The van der Waals surface area contributed by atoms with Crippen LogP contribution in [0.1, 0.15) is 33.6 Å². The van der Waals surface area contributed by atoms with E-state index in [1.807, 2.05) is 20.8 Å². The minimum atomic E-state index is -0.421. The molecule has 0 aliphatic carbocycles. The zero-order valence-corrected chi connectivity index (χ0v) is 11.8. The molecule has 0 radical (unpaired) electrons. The van der Waals surface area contributed by atoms with Crippen LogP contribution in [0.25, 0.3) is 0 Å². The fourth-order valence-corrected chi connectivity index (χ4v) is 1.93. The maximum Gasteiger partial charge on any atom is 0.410 e. The lowest BCUT2D eigenvalue weighted by Crippen LogP contribution is -2.50. The summed E-state index contributed by atoms with van der Waals surface area (Å²) in [5, 5.41) is 8.73. The second kappa shape index (κ2) is 6.95. The van der Waals surface area contributed by atoms with Gasteiger partial charge < -0.3 is 14.7 Å². The van der Waals surface area contributed by atoms with Crippen molar-refractivity contribution in [2.24, 2.45) is 0 Å². The first-order valence-electron chi connectivity index (χ1n) is 6.73. The fraction of sp³-hybridized carbons (Fsp3) is 0.923. The van der Waals surface area contributed by atoms with Crippen LogP contribution < -0.4 is 0 Å². The van der Waals surface area contributed by atoms with E-state index in [1.165, 1.54) is 0 Å². The first-order chi connectivity index (χ1) is 8.42. The molecule has 1 aliphatic rings. The van der Waals surface area contributed by atoms with E-state index in [0.29, 0.717) is 0 Å². The van der Waals surface area contributed by atoms with Gasteiger partial charge in [-0.2, -0.15) is 0 Å². The lowest BCUT2D eigenvalue weighted by molar-refractivity contribution is 0.0143. The number of aliphatic hydroxyl groups excluding tert-OH is 1. The Morgan fingerprint density at radius 3 is 2.28 bits per heavy atom. The summed E-state index contributed by atoms with van der Waals surface area (Å²) in [6, 6.07) is 0. The molecule has 1 heterocycles. The Balaban J connectivity index is 2.24. The summed E-state index contributed by atoms with van der Waals surface area (Å²) in [5.74, 6) is 0. The third kappa shape index (κ3) is 5.69. The number of hydrogen-bond donors (Lipinski definition) is 1. The average Bonchev–Trinajstić information content (AvgIpc) is 2.28. The van der Waals surface area contributed by atoms with E-state index in [0.717, 1.165) is 45.6 Å². The molecule has 1 saturated heterocycles. The van der Waals surface area contributed by atoms with Crippen LogP contribution in [0.2, 0.25) is 0 Å². The Morgan fingerprint density at radius 1 is 1.17 bits per heavy atom. The molecule has 1 amide bonds. The second-order valence-electron chi connectivity index (χ2n) is 5.74. The number of piperazine rings is 1. The normalized spacial score (nSPS) is 17.9. The number of unbranched alkanes of at least 4 members (excludes halogenated alkanes) is 1. The first kappa shape index (κ1) is 15.2. The number of carbonyl (C=O) groups is 1. The van der Waals surface area contributed by atoms with E-state index >= 15 is 0 Å². The molecule has 106 valence electrons. The largest absolute Gasteiger partial charge is 0.444 e. The topological polar surface area (TPSA) is 53.0 Å². The molecule has 1 aliphatic heterocycles. The minimum absolute atomic E-state index is 0.211. The molecule has 18 heavy (non-hydrogen) atoms. The van der Waals surface area contributed by atoms with Gasteiger partial charge in [0, 0.05) is 32.8 Å². The summed E-state index contributed by atoms with van der Waals surface area (Å²) in [7, 11) is 0. The van der Waals surface area contributed by atoms with Crippen LogP contribution in [0, 0.1) is 0 Å². The van der Waals surface area contributed by atoms with Crippen molar-refractivity contribution in [1.82, 2.24) is 9.80 Å². The summed E-state index contributed by atoms with van der Waals surface area (Å²) >= 11 is 0. The maximum atomic E-state index is 11.8. The third-order valence-corrected chi connectivity index (χ3v) is 2.91. The number of rotatable bonds is 4. The van der Waals surface area contributed by atoms with Crippen molar-refractivity contribution in [3.05, 3.63) is 0 Å². The van der Waals surface area contributed by atoms with Crippen LogP contribution in [-0.2, 0) is 4.74 Å². The minimum Gasteiger partial charge on any atom is -0.444 e. The highest BCUT2D eigenvalue weighted by atomic mass is 16.6. The van der Waals surface area contributed by atoms with Crippen LogP contribution >= 0.6 is 0 Å². The molecule has 5 nitrogen and oxygen atoms in total. The molecule has 0 aromatic heterocycles. The summed E-state index contributed by atoms with van der Waals surface area (Å²) < 4.78 is 5.35. The van der Waals surface area contributed by atoms with Crippen molar-refractivity contribution in [3.8, 4) is 0 Å². The Hall–Kier alpha value is -0.810. The lowest BCUT2D eigenvalue weighted by Gasteiger charge is -2.35. The molecule has 0 spiro atoms. The van der Waals surface area contributed by atoms with Crippen LogP contribution in [-0.4, -0.2) is 65.9 Å². The Bertz CT molecular complexity index is 255. The van der Waals surface area contributed by atoms with Gasteiger partial charge in [0.2, 0.25) is 0 Å². The summed E-state index contributed by atoms with van der Waals surface area (Å²) in [6.07, 6.45) is 1.66. The van der Waals surface area contributed by atoms with E-state index in [4.69, 9.17) is 9.84 Å². The van der Waals surface area contributed by atoms with Gasteiger partial charge >= 0.3 is 6.09 Å². The highest BCUT2D eigenvalue weighted by Gasteiger charge is 2.25. The molecule has 5 heteroatoms. The SMILES string of the molecule is CC(C)(C)OC(=O)N1CCN(CCCCO)CC1. The standard InChI is InChI=1S/C13H26N2O3/c1-13(2,3)18-12(17)15-9-7-14(8-10-15)6-4-5-11-16/h16H,4-11H2,1-3H3. The lowest BCUT2D eigenvalue weighted by atomic mass is 10.2. The van der Waals surface area contributed by atoms with Crippen LogP contribution in [0.15, 0.2) is 0 Å². The molecule has 1 N–H and O–H groups in total. The summed E-state index contributed by atoms with van der Waals surface area (Å²) in [4.78, 5) is 15.9. The van der Waals surface area contributed by atoms with Crippen LogP contribution in [0.3, 0.4) is 0 Å². The third-order valence-electron chi connectivity index (χ3n) is 2.91. The first-order valence-corrected chi connectivity index (χ1v) is 6.73. The van der Waals surface area contributed by atoms with Crippen molar-refractivity contribution in [2.45, 2.75) is 39.2 Å². The number of nitrogens with zero attached hydrogens (tertiary/aromatic N) is 2. The van der Waals surface area contributed by atoms with Crippen molar-refractivity contribution < 1.29 is 14.6 Å². The van der Waals surface area contributed by atoms with Crippen molar-refractivity contribution >= 4 is 6.09 Å². The molecule has 0 aromatic carbocycles. The van der Waals surface area contributed by atoms with Gasteiger partial charge in [0.05, 0.1) is 0 Å². The van der Waals surface area contributed by atoms with Crippen LogP contribution in [0.4, 0.5) is 4.79 Å². The molecule has 0 bridgehead atoms. The summed E-state index contributed by atoms with van der Waals surface area (Å²) in [6.45, 7) is 10.2. The van der Waals surface area contributed by atoms with Crippen molar-refractivity contribution in [2.75, 3.05) is 39.3 Å². The molecule has 0 unspecified atom stereocenters. The number of hydrogen-bond acceptors (Lipinski definition) is 4. The number of carbonyl (C=O) groups excluding carboxylic acids is 1. The zero-order chi connectivity index (χ0) is 13.6. The van der Waals surface area contributed by atoms with Gasteiger partial charge in [-0.1, -0.05) is 0 Å². The van der Waals surface area contributed by atoms with Gasteiger partial charge in [0.15, 0.2) is 0 Å². The van der Waals surface area contributed by atoms with Crippen molar-refractivity contribution in [3.63, 3.8) is 0 Å². The highest BCUT2D eigenvalue weighted by Crippen LogP contribution is 2.12. The monoisotopic (exact) mass is 258 g/mol. The molecule has 0 aromatic rings. The number of amides is 1. The van der Waals surface area contributed by atoms with Gasteiger partial charge in [-0.05, 0) is 40.2 Å². The van der Waals surface area contributed by atoms with Gasteiger partial charge in [-0.3, -0.25) is 4.90 Å². The Morgan fingerprint density at radius 2 is 1.78 bits per heavy atom. The predicted octanol–water partition coefficient (Wildman–Crippen LogP) is 1.31. The van der Waals surface area contributed by atoms with E-state index in [-0.39, 0.29) is 12.7 Å². The van der Waals surface area contributed by atoms with E-state index in [2.05, 4.69) is 4.90 Å². The molecular weight excluding hydrogens is 232 g/mol. The van der Waals surface area contributed by atoms with Crippen LogP contribution in [0.5, 0.6) is 0 Å². The molecule has 1 rings (SSSR count). The molecule has 0 saturated carbocycles. The zero-order valence-electron chi connectivity index (χ0n) is 11.8. The average molecular weight is 258 g/mol. The van der Waals surface area contributed by atoms with Gasteiger partial charge in [0.25, 0.3) is 0 Å². The van der Waals surface area contributed by atoms with Crippen molar-refractivity contribution in [1.29, 1.82) is 0 Å². The Labute approximate surface area is 110 Å². The second-order valence-corrected chi connectivity index (χ2v) is 5.74. The van der Waals surface area contributed by atoms with E-state index in [1.54, 1.807) is 4.90 Å². The van der Waals surface area contributed by atoms with Gasteiger partial charge in [-0.15, -0.1) is 0 Å². The van der Waals surface area contributed by atoms with E-state index in [9.17, 15) is 4.79 Å².